The fourth-order valence-corrected chi connectivity index (χ4v) is 9.96. The zero-order chi connectivity index (χ0) is 36.7. The lowest BCUT2D eigenvalue weighted by Gasteiger charge is -2.16. The molecule has 9 aromatic carbocycles. The Morgan fingerprint density at radius 2 is 0.875 bits per heavy atom. The molecule has 56 heavy (non-hydrogen) atoms. The minimum absolute atomic E-state index is 1.10. The van der Waals surface area contributed by atoms with E-state index in [-0.39, 0.29) is 0 Å². The Labute approximate surface area is 326 Å². The number of hydrogen-bond donors (Lipinski definition) is 0. The van der Waals surface area contributed by atoms with Crippen molar-refractivity contribution in [2.24, 2.45) is 0 Å². The second kappa shape index (κ2) is 12.2. The van der Waals surface area contributed by atoms with E-state index >= 15 is 0 Å². The minimum Gasteiger partial charge on any atom is -0.310 e. The Balaban J connectivity index is 1.26. The van der Waals surface area contributed by atoms with E-state index in [1.165, 1.54) is 52.8 Å². The highest BCUT2D eigenvalue weighted by molar-refractivity contribution is 7.25. The van der Waals surface area contributed by atoms with E-state index in [0.717, 1.165) is 49.9 Å². The van der Waals surface area contributed by atoms with Crippen molar-refractivity contribution in [1.29, 1.82) is 0 Å². The van der Waals surface area contributed by atoms with Crippen molar-refractivity contribution in [3.8, 4) is 17.1 Å². The summed E-state index contributed by atoms with van der Waals surface area (Å²) in [6.07, 6.45) is 0. The van der Waals surface area contributed by atoms with E-state index in [1.54, 1.807) is 0 Å². The number of para-hydroxylation sites is 3. The Hall–Kier alpha value is -7.14. The number of nitrogens with zero attached hydrogens (tertiary/aromatic N) is 3. The van der Waals surface area contributed by atoms with Gasteiger partial charge in [-0.1, -0.05) is 103 Å². The molecule has 0 aliphatic carbocycles. The van der Waals surface area contributed by atoms with Crippen LogP contribution in [0.15, 0.2) is 200 Å². The van der Waals surface area contributed by atoms with E-state index in [0.29, 0.717) is 0 Å². The normalized spacial score (nSPS) is 11.9. The van der Waals surface area contributed by atoms with Crippen LogP contribution in [0.2, 0.25) is 0 Å². The van der Waals surface area contributed by atoms with E-state index < -0.39 is 0 Å². The van der Waals surface area contributed by atoms with Gasteiger partial charge in [0.05, 0.1) is 16.7 Å². The minimum atomic E-state index is 1.10. The summed E-state index contributed by atoms with van der Waals surface area (Å²) in [6.45, 7) is 0. The Morgan fingerprint density at radius 1 is 0.304 bits per heavy atom. The van der Waals surface area contributed by atoms with Crippen LogP contribution in [0.1, 0.15) is 0 Å². The van der Waals surface area contributed by atoms with Crippen LogP contribution in [-0.4, -0.2) is 13.7 Å². The van der Waals surface area contributed by atoms with Gasteiger partial charge < -0.3 is 13.7 Å². The van der Waals surface area contributed by atoms with Crippen molar-refractivity contribution in [2.45, 2.75) is 0 Å². The maximum atomic E-state index is 2.47. The van der Waals surface area contributed by atoms with Gasteiger partial charge in [-0.15, -0.1) is 11.3 Å². The molecule has 0 unspecified atom stereocenters. The molecule has 0 amide bonds. The fourth-order valence-electron chi connectivity index (χ4n) is 8.90. The molecular weight excluding hydrogens is 699 g/mol. The van der Waals surface area contributed by atoms with Gasteiger partial charge in [0.1, 0.15) is 0 Å². The predicted molar refractivity (Wildman–Crippen MR) is 240 cm³/mol. The van der Waals surface area contributed by atoms with E-state index in [9.17, 15) is 0 Å². The quantitative estimate of drug-likeness (QED) is 0.172. The van der Waals surface area contributed by atoms with Crippen molar-refractivity contribution in [3.05, 3.63) is 200 Å². The molecule has 0 spiro atoms. The van der Waals surface area contributed by atoms with Gasteiger partial charge in [-0.05, 0) is 119 Å². The second-order valence-corrected chi connectivity index (χ2v) is 15.7. The summed E-state index contributed by atoms with van der Waals surface area (Å²) in [6, 6.07) is 73.8. The average molecular weight is 732 g/mol. The molecule has 262 valence electrons. The number of benzene rings is 9. The van der Waals surface area contributed by atoms with Crippen LogP contribution < -0.4 is 0 Å². The molecule has 3 heterocycles. The van der Waals surface area contributed by atoms with Gasteiger partial charge in [-0.3, -0.25) is 0 Å². The molecular formula is C52H33N3S. The smallest absolute Gasteiger partial charge is 0.0782 e. The Morgan fingerprint density at radius 3 is 1.64 bits per heavy atom. The lowest BCUT2D eigenvalue weighted by molar-refractivity contribution is 1.12. The Bertz CT molecular complexity index is 3600. The van der Waals surface area contributed by atoms with Crippen LogP contribution in [0.4, 0.5) is 0 Å². The number of hydrogen-bond acceptors (Lipinski definition) is 1. The number of rotatable bonds is 3. The van der Waals surface area contributed by atoms with Gasteiger partial charge in [0.15, 0.2) is 0 Å². The van der Waals surface area contributed by atoms with Crippen LogP contribution in [0.3, 0.4) is 0 Å². The lowest BCUT2D eigenvalue weighted by Crippen LogP contribution is -2.02. The van der Waals surface area contributed by atoms with Crippen molar-refractivity contribution in [2.75, 3.05) is 0 Å². The molecule has 0 saturated carbocycles. The first-order valence-electron chi connectivity index (χ1n) is 19.1. The standard InChI is InChI=1S/C52H33N3S/c1-2-15-38(16-3-1)55-48-21-7-6-19-44(48)45-20-10-22-49(52(45)55)54-40-18-9-14-37(31-40)36-13-8-17-39(30-36)53(41-24-23-34-11-4-5-12-35(34)29-41)42-25-27-50-46(32-42)47-33-43(54)26-28-51(47)56-50/h1-33H. The predicted octanol–water partition coefficient (Wildman–Crippen LogP) is 14.5. The molecule has 0 fully saturated rings. The van der Waals surface area contributed by atoms with Gasteiger partial charge in [0, 0.05) is 64.4 Å². The number of aromatic nitrogens is 3. The maximum Gasteiger partial charge on any atom is 0.0782 e. The van der Waals surface area contributed by atoms with Crippen LogP contribution in [0, 0.1) is 0 Å². The third-order valence-corrected chi connectivity index (χ3v) is 12.6. The first-order valence-corrected chi connectivity index (χ1v) is 19.9. The number of fused-ring (bicyclic) bond motifs is 11. The lowest BCUT2D eigenvalue weighted by atomic mass is 10.1. The summed E-state index contributed by atoms with van der Waals surface area (Å²) in [4.78, 5) is 0. The van der Waals surface area contributed by atoms with Gasteiger partial charge >= 0.3 is 0 Å². The molecule has 4 heteroatoms. The summed E-state index contributed by atoms with van der Waals surface area (Å²) < 4.78 is 9.87. The van der Waals surface area contributed by atoms with Crippen molar-refractivity contribution >= 4 is 96.9 Å². The molecule has 3 nitrogen and oxygen atoms in total. The summed E-state index contributed by atoms with van der Waals surface area (Å²) in [5, 5.41) is 9.76. The van der Waals surface area contributed by atoms with Gasteiger partial charge in [0.2, 0.25) is 0 Å². The average Bonchev–Trinajstić information content (AvgIpc) is 3.80. The van der Waals surface area contributed by atoms with Crippen LogP contribution >= 0.6 is 11.3 Å². The Kier molecular flexibility index (Phi) is 6.80. The molecule has 8 bridgehead atoms. The van der Waals surface area contributed by atoms with Gasteiger partial charge in [-0.25, -0.2) is 0 Å². The zero-order valence-electron chi connectivity index (χ0n) is 30.3. The maximum absolute atomic E-state index is 2.47. The highest BCUT2D eigenvalue weighted by atomic mass is 32.1. The van der Waals surface area contributed by atoms with Crippen LogP contribution in [-0.2, 0) is 0 Å². The summed E-state index contributed by atoms with van der Waals surface area (Å²) >= 11 is 1.86. The van der Waals surface area contributed by atoms with E-state index in [2.05, 4.69) is 214 Å². The first kappa shape index (κ1) is 31.2. The van der Waals surface area contributed by atoms with Gasteiger partial charge in [0.25, 0.3) is 0 Å². The molecule has 0 aliphatic heterocycles. The summed E-state index contributed by atoms with van der Waals surface area (Å²) in [5.74, 6) is 0. The molecule has 12 rings (SSSR count). The summed E-state index contributed by atoms with van der Waals surface area (Å²) in [5.41, 5.74) is 10.2. The molecule has 12 aromatic rings. The third kappa shape index (κ3) is 4.76. The SMILES string of the molecule is c1ccc(-n2c3ccccc3c3cccc(-n4c5cccc(c5)c5cccc(c5)n(-c5ccc6ccccc6c5)c5ccc6sc7ccc4cc7c6c5)c32)cc1. The largest absolute Gasteiger partial charge is 0.310 e. The molecule has 0 N–H and O–H groups in total. The van der Waals surface area contributed by atoms with Crippen molar-refractivity contribution in [3.63, 3.8) is 0 Å². The highest BCUT2D eigenvalue weighted by Gasteiger charge is 2.18. The highest BCUT2D eigenvalue weighted by Crippen LogP contribution is 2.39. The van der Waals surface area contributed by atoms with Crippen molar-refractivity contribution in [1.82, 2.24) is 13.7 Å². The molecule has 3 aromatic heterocycles. The van der Waals surface area contributed by atoms with Crippen LogP contribution in [0.5, 0.6) is 0 Å². The van der Waals surface area contributed by atoms with Gasteiger partial charge in [-0.2, -0.15) is 0 Å². The molecule has 0 radical (unpaired) electrons. The zero-order valence-corrected chi connectivity index (χ0v) is 31.1. The fraction of sp³-hybridized carbons (Fsp3) is 0. The molecule has 0 aliphatic rings. The van der Waals surface area contributed by atoms with Crippen molar-refractivity contribution < 1.29 is 0 Å². The first-order chi connectivity index (χ1) is 27.7. The topological polar surface area (TPSA) is 14.8 Å². The third-order valence-electron chi connectivity index (χ3n) is 11.4. The molecule has 0 saturated heterocycles. The van der Waals surface area contributed by atoms with Crippen LogP contribution in [0.25, 0.3) is 103 Å². The van der Waals surface area contributed by atoms with E-state index in [4.69, 9.17) is 0 Å². The van der Waals surface area contributed by atoms with E-state index in [1.807, 2.05) is 11.3 Å². The summed E-state index contributed by atoms with van der Waals surface area (Å²) in [7, 11) is 0. The number of thiophene rings is 1. The second-order valence-electron chi connectivity index (χ2n) is 14.6. The molecule has 0 atom stereocenters. The monoisotopic (exact) mass is 731 g/mol.